The molecule has 0 aliphatic rings. The summed E-state index contributed by atoms with van der Waals surface area (Å²) in [6, 6.07) is 0. The lowest BCUT2D eigenvalue weighted by Gasteiger charge is -2.18. The van der Waals surface area contributed by atoms with Crippen LogP contribution in [0.4, 0.5) is 0 Å². The molecule has 7 heteroatoms. The summed E-state index contributed by atoms with van der Waals surface area (Å²) in [6.07, 6.45) is -0.793. The van der Waals surface area contributed by atoms with Crippen LogP contribution >= 0.6 is 15.9 Å². The predicted octanol–water partition coefficient (Wildman–Crippen LogP) is 0.676. The summed E-state index contributed by atoms with van der Waals surface area (Å²) < 4.78 is 0.431. The molecular formula is C8H10BrNO5. The van der Waals surface area contributed by atoms with Crippen LogP contribution < -0.4 is 0 Å². The van der Waals surface area contributed by atoms with E-state index in [2.05, 4.69) is 27.3 Å². The summed E-state index contributed by atoms with van der Waals surface area (Å²) in [5.74, 6) is -2.85. The van der Waals surface area contributed by atoms with Crippen LogP contribution in [-0.4, -0.2) is 34.6 Å². The maximum absolute atomic E-state index is 10.9. The van der Waals surface area contributed by atoms with E-state index in [1.165, 1.54) is 6.92 Å². The largest absolute Gasteiger partial charge is 0.481 e. The molecule has 0 aliphatic carbocycles. The fourth-order valence-corrected chi connectivity index (χ4v) is 0.870. The summed E-state index contributed by atoms with van der Waals surface area (Å²) in [6.45, 7) is 4.62. The molecule has 1 N–H and O–H groups in total. The first-order valence-electron chi connectivity index (χ1n) is 3.87. The van der Waals surface area contributed by atoms with Crippen LogP contribution in [0.3, 0.4) is 0 Å². The van der Waals surface area contributed by atoms with Crippen molar-refractivity contribution >= 4 is 33.8 Å². The second-order valence-corrected chi connectivity index (χ2v) is 3.73. The smallest absolute Gasteiger partial charge is 0.343 e. The fraction of sp³-hybridized carbons (Fsp3) is 0.375. The van der Waals surface area contributed by atoms with Crippen molar-refractivity contribution in [3.63, 3.8) is 0 Å². The highest BCUT2D eigenvalue weighted by molar-refractivity contribution is 9.11. The average Bonchev–Trinajstić information content (AvgIpc) is 1.99. The molecule has 0 heterocycles. The molecule has 6 nitrogen and oxygen atoms in total. The first-order chi connectivity index (χ1) is 6.82. The van der Waals surface area contributed by atoms with Crippen LogP contribution in [-0.2, 0) is 19.2 Å². The van der Waals surface area contributed by atoms with E-state index in [4.69, 9.17) is 5.11 Å². The average molecular weight is 280 g/mol. The molecule has 0 aliphatic heterocycles. The van der Waals surface area contributed by atoms with Gasteiger partial charge in [0.05, 0.1) is 6.54 Å². The van der Waals surface area contributed by atoms with Crippen molar-refractivity contribution in [3.05, 3.63) is 11.1 Å². The molecule has 0 atom stereocenters. The Labute approximate surface area is 94.6 Å². The molecule has 0 aromatic carbocycles. The van der Waals surface area contributed by atoms with Gasteiger partial charge in [0, 0.05) is 11.4 Å². The zero-order valence-electron chi connectivity index (χ0n) is 8.03. The number of amides is 1. The Hall–Kier alpha value is -1.37. The van der Waals surface area contributed by atoms with Crippen molar-refractivity contribution in [2.75, 3.05) is 6.54 Å². The molecule has 0 bridgehead atoms. The molecule has 1 amide bonds. The molecule has 0 saturated carbocycles. The van der Waals surface area contributed by atoms with Gasteiger partial charge in [-0.05, 0) is 0 Å². The zero-order valence-corrected chi connectivity index (χ0v) is 9.61. The molecule has 0 aromatic rings. The second-order valence-electron chi connectivity index (χ2n) is 2.61. The molecule has 0 aromatic heterocycles. The minimum Gasteiger partial charge on any atom is -0.481 e. The Kier molecular flexibility index (Phi) is 5.61. The van der Waals surface area contributed by atoms with Crippen molar-refractivity contribution in [2.45, 2.75) is 13.3 Å². The number of carboxylic acids is 1. The topological polar surface area (TPSA) is 83.9 Å². The number of nitrogens with zero attached hydrogens (tertiary/aromatic N) is 1. The monoisotopic (exact) mass is 279 g/mol. The van der Waals surface area contributed by atoms with Crippen molar-refractivity contribution in [1.29, 1.82) is 0 Å². The highest BCUT2D eigenvalue weighted by Gasteiger charge is 2.17. The third kappa shape index (κ3) is 6.67. The molecule has 0 saturated heterocycles. The third-order valence-corrected chi connectivity index (χ3v) is 1.42. The van der Waals surface area contributed by atoms with Crippen molar-refractivity contribution in [3.8, 4) is 0 Å². The summed E-state index contributed by atoms with van der Waals surface area (Å²) in [4.78, 5) is 36.5. The van der Waals surface area contributed by atoms with Gasteiger partial charge in [-0.15, -0.1) is 0 Å². The number of hydrogen-bond donors (Lipinski definition) is 1. The Morgan fingerprint density at radius 2 is 2.00 bits per heavy atom. The van der Waals surface area contributed by atoms with Gasteiger partial charge in [0.1, 0.15) is 6.42 Å². The fourth-order valence-electron chi connectivity index (χ4n) is 0.642. The van der Waals surface area contributed by atoms with Gasteiger partial charge in [-0.25, -0.2) is 4.79 Å². The summed E-state index contributed by atoms with van der Waals surface area (Å²) in [5.41, 5.74) is 0. The Bertz CT molecular complexity index is 301. The minimum atomic E-state index is -1.32. The van der Waals surface area contributed by atoms with Gasteiger partial charge in [0.15, 0.2) is 0 Å². The standard InChI is InChI=1S/C8H10BrNO5/c1-5(9)4-10(6(2)11)15-8(14)3-7(12)13/h1,3-4H2,2H3,(H,12,13). The van der Waals surface area contributed by atoms with Gasteiger partial charge in [0.25, 0.3) is 5.91 Å². The molecule has 0 unspecified atom stereocenters. The van der Waals surface area contributed by atoms with Crippen LogP contribution in [0.25, 0.3) is 0 Å². The lowest BCUT2D eigenvalue weighted by molar-refractivity contribution is -0.195. The highest BCUT2D eigenvalue weighted by atomic mass is 79.9. The predicted molar refractivity (Wildman–Crippen MR) is 53.8 cm³/mol. The third-order valence-electron chi connectivity index (χ3n) is 1.17. The number of hydrogen-bond acceptors (Lipinski definition) is 4. The van der Waals surface area contributed by atoms with Crippen LogP contribution in [0.1, 0.15) is 13.3 Å². The van der Waals surface area contributed by atoms with E-state index in [1.54, 1.807) is 0 Å². The van der Waals surface area contributed by atoms with Gasteiger partial charge >= 0.3 is 11.9 Å². The number of rotatable bonds is 4. The minimum absolute atomic E-state index is 0.0271. The molecule has 0 spiro atoms. The van der Waals surface area contributed by atoms with Crippen LogP contribution in [0.2, 0.25) is 0 Å². The van der Waals surface area contributed by atoms with Crippen LogP contribution in [0.15, 0.2) is 11.1 Å². The van der Waals surface area contributed by atoms with E-state index >= 15 is 0 Å². The summed E-state index contributed by atoms with van der Waals surface area (Å²) >= 11 is 2.99. The Balaban J connectivity index is 4.28. The number of carbonyl (C=O) groups excluding carboxylic acids is 2. The van der Waals surface area contributed by atoms with Crippen molar-refractivity contribution < 1.29 is 24.3 Å². The first-order valence-corrected chi connectivity index (χ1v) is 4.66. The van der Waals surface area contributed by atoms with Gasteiger partial charge in [0.2, 0.25) is 0 Å². The van der Waals surface area contributed by atoms with Gasteiger partial charge in [-0.3, -0.25) is 9.59 Å². The quantitative estimate of drug-likeness (QED) is 0.604. The van der Waals surface area contributed by atoms with Crippen molar-refractivity contribution in [1.82, 2.24) is 5.06 Å². The molecule has 0 fully saturated rings. The van der Waals surface area contributed by atoms with Gasteiger partial charge in [-0.1, -0.05) is 22.5 Å². The van der Waals surface area contributed by atoms with Gasteiger partial charge in [-0.2, -0.15) is 5.06 Å². The number of carboxylic acid groups (broad SMARTS) is 1. The van der Waals surface area contributed by atoms with Crippen molar-refractivity contribution in [2.24, 2.45) is 0 Å². The summed E-state index contributed by atoms with van der Waals surface area (Å²) in [5, 5.41) is 9.01. The molecule has 84 valence electrons. The first kappa shape index (κ1) is 13.6. The van der Waals surface area contributed by atoms with Crippen LogP contribution in [0.5, 0.6) is 0 Å². The van der Waals surface area contributed by atoms with E-state index in [-0.39, 0.29) is 6.54 Å². The van der Waals surface area contributed by atoms with Crippen LogP contribution in [0, 0.1) is 0 Å². The SMILES string of the molecule is C=C(Br)CN(OC(=O)CC(=O)O)C(C)=O. The molecule has 0 rings (SSSR count). The maximum Gasteiger partial charge on any atom is 0.343 e. The number of aliphatic carboxylic acids is 1. The lowest BCUT2D eigenvalue weighted by Crippen LogP contribution is -2.33. The summed E-state index contributed by atoms with van der Waals surface area (Å²) in [7, 11) is 0. The second kappa shape index (κ2) is 6.18. The zero-order chi connectivity index (χ0) is 12.0. The van der Waals surface area contributed by atoms with E-state index in [1.807, 2.05) is 0 Å². The lowest BCUT2D eigenvalue weighted by atomic mass is 10.4. The number of halogens is 1. The normalized spacial score (nSPS) is 9.20. The highest BCUT2D eigenvalue weighted by Crippen LogP contribution is 2.06. The molecule has 0 radical (unpaired) electrons. The maximum atomic E-state index is 10.9. The Morgan fingerprint density at radius 3 is 2.33 bits per heavy atom. The molecular weight excluding hydrogens is 270 g/mol. The van der Waals surface area contributed by atoms with E-state index in [0.717, 1.165) is 5.06 Å². The van der Waals surface area contributed by atoms with Gasteiger partial charge < -0.3 is 9.94 Å². The Morgan fingerprint density at radius 1 is 1.47 bits per heavy atom. The number of hydroxylamine groups is 2. The van der Waals surface area contributed by atoms with E-state index < -0.39 is 24.3 Å². The number of carbonyl (C=O) groups is 3. The van der Waals surface area contributed by atoms with E-state index in [0.29, 0.717) is 4.48 Å². The molecule has 15 heavy (non-hydrogen) atoms. The van der Waals surface area contributed by atoms with E-state index in [9.17, 15) is 14.4 Å².